The normalized spacial score (nSPS) is 18.6. The number of benzene rings is 2. The molecule has 1 N–H and O–H groups in total. The van der Waals surface area contributed by atoms with Gasteiger partial charge in [0.05, 0.1) is 5.75 Å². The third-order valence-corrected chi connectivity index (χ3v) is 7.22. The molecule has 0 radical (unpaired) electrons. The summed E-state index contributed by atoms with van der Waals surface area (Å²) in [6.45, 7) is 3.32. The number of aromatic nitrogens is 3. The summed E-state index contributed by atoms with van der Waals surface area (Å²) in [4.78, 5) is 15.0. The first-order valence-corrected chi connectivity index (χ1v) is 12.6. The molecule has 1 atom stereocenters. The number of ether oxygens (including phenoxy) is 2. The molecular formula is C25H29N5O3S. The zero-order chi connectivity index (χ0) is 23.3. The number of likely N-dealkylation sites (tertiary alicyclic amines) is 1. The van der Waals surface area contributed by atoms with Gasteiger partial charge < -0.3 is 19.4 Å². The summed E-state index contributed by atoms with van der Waals surface area (Å²) in [5.74, 6) is 2.45. The van der Waals surface area contributed by atoms with Crippen molar-refractivity contribution in [1.82, 2.24) is 25.0 Å². The number of thioether (sulfide) groups is 1. The van der Waals surface area contributed by atoms with Gasteiger partial charge in [0.25, 0.3) is 0 Å². The third kappa shape index (κ3) is 5.37. The summed E-state index contributed by atoms with van der Waals surface area (Å²) in [6.07, 6.45) is 1.60. The Morgan fingerprint density at radius 3 is 2.59 bits per heavy atom. The van der Waals surface area contributed by atoms with Crippen LogP contribution in [0.5, 0.6) is 11.5 Å². The molecular weight excluding hydrogens is 450 g/mol. The lowest BCUT2D eigenvalue weighted by molar-refractivity contribution is -0.119. The van der Waals surface area contributed by atoms with E-state index in [2.05, 4.69) is 44.7 Å². The summed E-state index contributed by atoms with van der Waals surface area (Å²) < 4.78 is 13.7. The number of carbonyl (C=O) groups excluding carboxylic acids is 1. The Morgan fingerprint density at radius 1 is 1.06 bits per heavy atom. The lowest BCUT2D eigenvalue weighted by atomic mass is 10.0. The van der Waals surface area contributed by atoms with Gasteiger partial charge in [-0.25, -0.2) is 0 Å². The maximum atomic E-state index is 12.6. The van der Waals surface area contributed by atoms with E-state index < -0.39 is 0 Å². The molecule has 1 amide bonds. The molecule has 0 aliphatic carbocycles. The molecule has 0 spiro atoms. The van der Waals surface area contributed by atoms with Gasteiger partial charge in [0.15, 0.2) is 28.6 Å². The van der Waals surface area contributed by atoms with Gasteiger partial charge in [0, 0.05) is 32.7 Å². The highest BCUT2D eigenvalue weighted by Crippen LogP contribution is 2.35. The average Bonchev–Trinajstić information content (AvgIpc) is 3.24. The molecule has 1 saturated heterocycles. The van der Waals surface area contributed by atoms with Crippen LogP contribution in [0.1, 0.15) is 30.3 Å². The number of nitrogens with zero attached hydrogens (tertiary/aromatic N) is 4. The first-order chi connectivity index (χ1) is 16.7. The quantitative estimate of drug-likeness (QED) is 0.521. The number of carbonyl (C=O) groups is 1. The molecule has 9 heteroatoms. The molecule has 2 aliphatic rings. The van der Waals surface area contributed by atoms with Gasteiger partial charge in [-0.15, -0.1) is 10.2 Å². The molecule has 2 aliphatic heterocycles. The van der Waals surface area contributed by atoms with E-state index >= 15 is 0 Å². The second-order valence-corrected chi connectivity index (χ2v) is 9.60. The highest BCUT2D eigenvalue weighted by atomic mass is 32.2. The van der Waals surface area contributed by atoms with Crippen molar-refractivity contribution < 1.29 is 14.3 Å². The first-order valence-electron chi connectivity index (χ1n) is 11.6. The van der Waals surface area contributed by atoms with Crippen molar-refractivity contribution in [1.29, 1.82) is 0 Å². The lowest BCUT2D eigenvalue weighted by Gasteiger charge is -2.32. The van der Waals surface area contributed by atoms with Crippen molar-refractivity contribution in [2.24, 2.45) is 7.05 Å². The van der Waals surface area contributed by atoms with Crippen LogP contribution in [0.25, 0.3) is 0 Å². The number of nitrogens with one attached hydrogen (secondary N) is 1. The van der Waals surface area contributed by atoms with Crippen LogP contribution in [0.15, 0.2) is 59.8 Å². The van der Waals surface area contributed by atoms with E-state index in [9.17, 15) is 4.79 Å². The van der Waals surface area contributed by atoms with E-state index in [0.717, 1.165) is 38.2 Å². The van der Waals surface area contributed by atoms with E-state index in [1.807, 2.05) is 41.9 Å². The number of para-hydroxylation sites is 2. The molecule has 0 bridgehead atoms. The first kappa shape index (κ1) is 22.7. The van der Waals surface area contributed by atoms with Crippen LogP contribution >= 0.6 is 11.8 Å². The zero-order valence-corrected chi connectivity index (χ0v) is 20.0. The van der Waals surface area contributed by atoms with Crippen LogP contribution in [0.2, 0.25) is 0 Å². The molecule has 0 saturated carbocycles. The van der Waals surface area contributed by atoms with Gasteiger partial charge in [-0.1, -0.05) is 54.2 Å². The van der Waals surface area contributed by atoms with Gasteiger partial charge in [-0.05, 0) is 30.5 Å². The van der Waals surface area contributed by atoms with Gasteiger partial charge in [0.1, 0.15) is 6.61 Å². The monoisotopic (exact) mass is 479 g/mol. The SMILES string of the molecule is Cn1c(SCC(=O)NC2CCN(Cc3ccccc3)CC2)nnc1C1COc2ccccc2O1. The van der Waals surface area contributed by atoms with Crippen LogP contribution in [-0.4, -0.2) is 57.1 Å². The standard InChI is InChI=1S/C25H29N5O3S/c1-29-24(22-16-32-20-9-5-6-10-21(20)33-22)27-28-25(29)34-17-23(31)26-19-11-13-30(14-12-19)15-18-7-3-2-4-8-18/h2-10,19,22H,11-17H2,1H3,(H,26,31). The van der Waals surface area contributed by atoms with Crippen LogP contribution in [0.3, 0.4) is 0 Å². The topological polar surface area (TPSA) is 81.5 Å². The predicted octanol–water partition coefficient (Wildman–Crippen LogP) is 3.20. The summed E-state index contributed by atoms with van der Waals surface area (Å²) in [5.41, 5.74) is 1.33. The number of hydrogen-bond donors (Lipinski definition) is 1. The molecule has 8 nitrogen and oxygen atoms in total. The average molecular weight is 480 g/mol. The molecule has 3 heterocycles. The Bertz CT molecular complexity index is 1110. The zero-order valence-electron chi connectivity index (χ0n) is 19.2. The van der Waals surface area contributed by atoms with Crippen LogP contribution in [-0.2, 0) is 18.4 Å². The summed E-state index contributed by atoms with van der Waals surface area (Å²) >= 11 is 1.39. The number of hydrogen-bond acceptors (Lipinski definition) is 7. The third-order valence-electron chi connectivity index (χ3n) is 6.20. The molecule has 34 heavy (non-hydrogen) atoms. The molecule has 1 unspecified atom stereocenters. The van der Waals surface area contributed by atoms with Gasteiger partial charge in [0.2, 0.25) is 5.91 Å². The largest absolute Gasteiger partial charge is 0.485 e. The van der Waals surface area contributed by atoms with Crippen LogP contribution in [0.4, 0.5) is 0 Å². The van der Waals surface area contributed by atoms with Crippen molar-refractivity contribution in [3.05, 3.63) is 66.0 Å². The molecule has 3 aromatic rings. The Morgan fingerprint density at radius 2 is 1.79 bits per heavy atom. The fourth-order valence-corrected chi connectivity index (χ4v) is 5.08. The minimum absolute atomic E-state index is 0.0298. The lowest BCUT2D eigenvalue weighted by Crippen LogP contribution is -2.44. The summed E-state index contributed by atoms with van der Waals surface area (Å²) in [7, 11) is 1.89. The molecule has 2 aromatic carbocycles. The number of fused-ring (bicyclic) bond motifs is 1. The second-order valence-electron chi connectivity index (χ2n) is 8.66. The van der Waals surface area contributed by atoms with Gasteiger partial charge in [-0.3, -0.25) is 9.69 Å². The Balaban J connectivity index is 1.08. The van der Waals surface area contributed by atoms with Crippen molar-refractivity contribution in [3.63, 3.8) is 0 Å². The van der Waals surface area contributed by atoms with Crippen molar-refractivity contribution in [2.45, 2.75) is 36.7 Å². The highest BCUT2D eigenvalue weighted by molar-refractivity contribution is 7.99. The van der Waals surface area contributed by atoms with Crippen molar-refractivity contribution in [3.8, 4) is 11.5 Å². The fraction of sp³-hybridized carbons (Fsp3) is 0.400. The molecule has 1 aromatic heterocycles. The molecule has 1 fully saturated rings. The van der Waals surface area contributed by atoms with E-state index in [-0.39, 0.29) is 18.1 Å². The number of piperidine rings is 1. The maximum Gasteiger partial charge on any atom is 0.230 e. The number of amides is 1. The van der Waals surface area contributed by atoms with E-state index in [4.69, 9.17) is 9.47 Å². The van der Waals surface area contributed by atoms with E-state index in [1.54, 1.807) is 0 Å². The van der Waals surface area contributed by atoms with Crippen molar-refractivity contribution in [2.75, 3.05) is 25.4 Å². The minimum atomic E-state index is -0.336. The second kappa shape index (κ2) is 10.5. The maximum absolute atomic E-state index is 12.6. The Hall–Kier alpha value is -3.04. The van der Waals surface area contributed by atoms with E-state index in [1.165, 1.54) is 17.3 Å². The van der Waals surface area contributed by atoms with Crippen LogP contribution < -0.4 is 14.8 Å². The van der Waals surface area contributed by atoms with Crippen molar-refractivity contribution >= 4 is 17.7 Å². The summed E-state index contributed by atoms with van der Waals surface area (Å²) in [6, 6.07) is 18.3. The predicted molar refractivity (Wildman–Crippen MR) is 130 cm³/mol. The molecule has 5 rings (SSSR count). The van der Waals surface area contributed by atoms with E-state index in [0.29, 0.717) is 29.1 Å². The number of rotatable bonds is 7. The molecule has 178 valence electrons. The fourth-order valence-electron chi connectivity index (χ4n) is 4.36. The van der Waals surface area contributed by atoms with Gasteiger partial charge >= 0.3 is 0 Å². The minimum Gasteiger partial charge on any atom is -0.485 e. The highest BCUT2D eigenvalue weighted by Gasteiger charge is 2.28. The Kier molecular flexibility index (Phi) is 7.01. The van der Waals surface area contributed by atoms with Gasteiger partial charge in [-0.2, -0.15) is 0 Å². The summed E-state index contributed by atoms with van der Waals surface area (Å²) in [5, 5.41) is 12.4. The van der Waals surface area contributed by atoms with Crippen LogP contribution in [0, 0.1) is 0 Å². The smallest absolute Gasteiger partial charge is 0.230 e. The Labute approximate surface area is 203 Å².